The average molecular weight is 254 g/mol. The van der Waals surface area contributed by atoms with Crippen molar-refractivity contribution >= 4 is 39.2 Å². The van der Waals surface area contributed by atoms with E-state index >= 15 is 0 Å². The largest absolute Gasteiger partial charge is 0.332 e. The van der Waals surface area contributed by atoms with Crippen molar-refractivity contribution in [2.75, 3.05) is 19.6 Å². The summed E-state index contributed by atoms with van der Waals surface area (Å²) in [6.07, 6.45) is 0. The van der Waals surface area contributed by atoms with E-state index in [0.29, 0.717) is 0 Å². The second kappa shape index (κ2) is 5.64. The zero-order chi connectivity index (χ0) is 9.84. The van der Waals surface area contributed by atoms with Crippen molar-refractivity contribution in [3.05, 3.63) is 0 Å². The van der Waals surface area contributed by atoms with Gasteiger partial charge < -0.3 is 12.7 Å². The minimum atomic E-state index is -1.16. The maximum atomic E-state index is 6.50. The van der Waals surface area contributed by atoms with Gasteiger partial charge in [-0.15, -0.1) is 11.1 Å². The van der Waals surface area contributed by atoms with Crippen molar-refractivity contribution in [2.45, 2.75) is 20.8 Å². The fraction of sp³-hybridized carbons (Fsp3) is 1.00. The highest BCUT2D eigenvalue weighted by molar-refractivity contribution is 7.08. The minimum Gasteiger partial charge on any atom is -0.332 e. The summed E-state index contributed by atoms with van der Waals surface area (Å²) in [5.41, 5.74) is 0. The van der Waals surface area contributed by atoms with Crippen LogP contribution in [0.15, 0.2) is 0 Å². The molecule has 1 aliphatic heterocycles. The monoisotopic (exact) mass is 253 g/mol. The van der Waals surface area contributed by atoms with Crippen LogP contribution >= 0.6 is 11.1 Å². The van der Waals surface area contributed by atoms with Gasteiger partial charge in [0.05, 0.1) is 0 Å². The maximum Gasteiger partial charge on any atom is 0.279 e. The molecule has 0 unspecified atom stereocenters. The van der Waals surface area contributed by atoms with Gasteiger partial charge in [0.2, 0.25) is 0 Å². The Morgan fingerprint density at radius 2 is 1.46 bits per heavy atom. The van der Waals surface area contributed by atoms with E-state index in [4.69, 9.17) is 11.1 Å². The molecule has 1 rings (SSSR count). The third-order valence-electron chi connectivity index (χ3n) is 2.63. The van der Waals surface area contributed by atoms with Gasteiger partial charge in [-0.2, -0.15) is 0 Å². The van der Waals surface area contributed by atoms with Gasteiger partial charge >= 0.3 is 0 Å². The lowest BCUT2D eigenvalue weighted by molar-refractivity contribution is 0.500. The third-order valence-corrected chi connectivity index (χ3v) is 15.2. The van der Waals surface area contributed by atoms with Crippen LogP contribution in [0, 0.1) is 0 Å². The number of rotatable bonds is 3. The van der Waals surface area contributed by atoms with Crippen LogP contribution in [-0.4, -0.2) is 60.4 Å². The van der Waals surface area contributed by atoms with Crippen LogP contribution in [0.1, 0.15) is 20.8 Å². The summed E-state index contributed by atoms with van der Waals surface area (Å²) in [5.74, 6) is 0. The Kier molecular flexibility index (Phi) is 5.16. The van der Waals surface area contributed by atoms with Gasteiger partial charge in [0.15, 0.2) is 19.7 Å². The van der Waals surface area contributed by atoms with E-state index < -0.39 is 8.43 Å². The topological polar surface area (TPSA) is 9.72 Å². The van der Waals surface area contributed by atoms with Gasteiger partial charge in [0, 0.05) is 0 Å². The molecule has 13 heavy (non-hydrogen) atoms. The Balaban J connectivity index is 2.56. The summed E-state index contributed by atoms with van der Waals surface area (Å²) in [6.45, 7) is 10.3. The molecule has 0 amide bonds. The molecule has 0 spiro atoms. The quantitative estimate of drug-likeness (QED) is 0.468. The molecular formula is C6H20ClN3Si3. The first-order valence-corrected chi connectivity index (χ1v) is 10.4. The molecule has 0 bridgehead atoms. The van der Waals surface area contributed by atoms with Gasteiger partial charge in [-0.25, -0.2) is 0 Å². The number of hydrogen-bond donors (Lipinski definition) is 0. The normalized spacial score (nSPS) is 31.8. The maximum absolute atomic E-state index is 6.50. The van der Waals surface area contributed by atoms with E-state index in [1.165, 1.54) is 6.54 Å². The van der Waals surface area contributed by atoms with Crippen molar-refractivity contribution in [3.63, 3.8) is 0 Å². The van der Waals surface area contributed by atoms with E-state index in [9.17, 15) is 0 Å². The first kappa shape index (κ1) is 11.9. The summed E-state index contributed by atoms with van der Waals surface area (Å²) >= 11 is 6.50. The van der Waals surface area contributed by atoms with Crippen molar-refractivity contribution in [1.29, 1.82) is 0 Å². The summed E-state index contributed by atoms with van der Waals surface area (Å²) in [5, 5.41) is 0. The molecular weight excluding hydrogens is 234 g/mol. The van der Waals surface area contributed by atoms with Gasteiger partial charge in [-0.1, -0.05) is 20.8 Å². The molecule has 1 heterocycles. The predicted molar refractivity (Wildman–Crippen MR) is 67.2 cm³/mol. The van der Waals surface area contributed by atoms with E-state index in [0.717, 1.165) is 13.1 Å². The van der Waals surface area contributed by atoms with Gasteiger partial charge in [0.1, 0.15) is 0 Å². The van der Waals surface area contributed by atoms with Crippen LogP contribution in [0.5, 0.6) is 0 Å². The summed E-state index contributed by atoms with van der Waals surface area (Å²) in [6, 6.07) is 0. The van der Waals surface area contributed by atoms with Crippen molar-refractivity contribution in [1.82, 2.24) is 12.7 Å². The summed E-state index contributed by atoms with van der Waals surface area (Å²) in [7, 11) is -1.43. The SMILES string of the molecule is CCN1[SiH2]N(CC)[SiH](Cl)N(CC)[SiH2]1. The lowest BCUT2D eigenvalue weighted by atomic mass is 10.8. The Morgan fingerprint density at radius 1 is 1.00 bits per heavy atom. The molecule has 1 aliphatic rings. The molecule has 0 aromatic heterocycles. The fourth-order valence-electron chi connectivity index (χ4n) is 1.63. The predicted octanol–water partition coefficient (Wildman–Crippen LogP) is -1.08. The molecule has 1 fully saturated rings. The van der Waals surface area contributed by atoms with Crippen molar-refractivity contribution in [3.8, 4) is 0 Å². The molecule has 1 saturated heterocycles. The highest BCUT2D eigenvalue weighted by atomic mass is 35.6. The van der Waals surface area contributed by atoms with Gasteiger partial charge in [-0.3, -0.25) is 0 Å². The van der Waals surface area contributed by atoms with E-state index in [-0.39, 0.29) is 19.7 Å². The van der Waals surface area contributed by atoms with Crippen LogP contribution in [0.3, 0.4) is 0 Å². The average Bonchev–Trinajstić information content (AvgIpc) is 2.18. The van der Waals surface area contributed by atoms with Gasteiger partial charge in [0.25, 0.3) is 8.43 Å². The Morgan fingerprint density at radius 3 is 1.77 bits per heavy atom. The number of hydrogen-bond acceptors (Lipinski definition) is 3. The standard InChI is InChI=1S/C6H20ClN3Si3/c1-4-8-11-9(5-2)13(7)10(6-3)12-8/h13H,4-6,11-12H2,1-3H3. The first-order valence-electron chi connectivity index (χ1n) is 5.07. The lowest BCUT2D eigenvalue weighted by Gasteiger charge is -2.43. The third kappa shape index (κ3) is 2.88. The molecule has 0 atom stereocenters. The zero-order valence-corrected chi connectivity index (χ0v) is 13.6. The molecule has 3 nitrogen and oxygen atoms in total. The smallest absolute Gasteiger partial charge is 0.279 e. The molecule has 78 valence electrons. The molecule has 0 saturated carbocycles. The van der Waals surface area contributed by atoms with Crippen molar-refractivity contribution < 1.29 is 0 Å². The van der Waals surface area contributed by atoms with E-state index in [1.807, 2.05) is 0 Å². The highest BCUT2D eigenvalue weighted by Gasteiger charge is 2.31. The zero-order valence-electron chi connectivity index (χ0n) is 8.83. The van der Waals surface area contributed by atoms with Crippen LogP contribution in [0.4, 0.5) is 0 Å². The Hall–Kier alpha value is 0.821. The van der Waals surface area contributed by atoms with Crippen LogP contribution in [0.2, 0.25) is 0 Å². The van der Waals surface area contributed by atoms with Crippen LogP contribution in [-0.2, 0) is 0 Å². The minimum absolute atomic E-state index is 0.136. The molecule has 0 radical (unpaired) electrons. The highest BCUT2D eigenvalue weighted by Crippen LogP contribution is 2.10. The van der Waals surface area contributed by atoms with E-state index in [2.05, 4.69) is 33.5 Å². The number of halogens is 1. The second-order valence-corrected chi connectivity index (χ2v) is 13.0. The van der Waals surface area contributed by atoms with Crippen molar-refractivity contribution in [2.24, 2.45) is 0 Å². The Bertz CT molecular complexity index is 148. The molecule has 7 heteroatoms. The van der Waals surface area contributed by atoms with E-state index in [1.54, 1.807) is 0 Å². The molecule has 0 aromatic carbocycles. The summed E-state index contributed by atoms with van der Waals surface area (Å²) < 4.78 is 7.88. The van der Waals surface area contributed by atoms with Gasteiger partial charge in [-0.05, 0) is 19.6 Å². The summed E-state index contributed by atoms with van der Waals surface area (Å²) in [4.78, 5) is 0. The molecule has 0 N–H and O–H groups in total. The second-order valence-electron chi connectivity index (χ2n) is 3.39. The Labute approximate surface area is 92.5 Å². The van der Waals surface area contributed by atoms with Crippen LogP contribution < -0.4 is 0 Å². The number of nitrogens with zero attached hydrogens (tertiary/aromatic N) is 3. The lowest BCUT2D eigenvalue weighted by Crippen LogP contribution is -2.65. The van der Waals surface area contributed by atoms with Crippen LogP contribution in [0.25, 0.3) is 0 Å². The molecule has 0 aromatic rings. The first-order chi connectivity index (χ1) is 6.22. The molecule has 0 aliphatic carbocycles. The fourth-order valence-corrected chi connectivity index (χ4v) is 14.3.